The fourth-order valence-electron chi connectivity index (χ4n) is 3.43. The normalized spacial score (nSPS) is 14.7. The van der Waals surface area contributed by atoms with Crippen LogP contribution in [0.25, 0.3) is 6.08 Å². The minimum absolute atomic E-state index is 0.204. The zero-order valence-corrected chi connectivity index (χ0v) is 19.9. The first kappa shape index (κ1) is 23.0. The average molecular weight is 524 g/mol. The van der Waals surface area contributed by atoms with Gasteiger partial charge in [-0.15, -0.1) is 6.58 Å². The standard InChI is InChI=1S/C26H19BrFNO3S/c1-2-7-19-12-18(14-22(27)24(19)32-16-17-8-6-9-20(28)13-17)15-23-25(30)29(26(31)33-23)21-10-4-3-5-11-21/h2-6,8-15H,1,7,16H2/b23-15-. The number of rotatable bonds is 7. The van der Waals surface area contributed by atoms with Crippen molar-refractivity contribution >= 4 is 50.6 Å². The van der Waals surface area contributed by atoms with E-state index in [4.69, 9.17) is 4.74 Å². The van der Waals surface area contributed by atoms with Gasteiger partial charge in [-0.1, -0.05) is 36.4 Å². The zero-order chi connectivity index (χ0) is 23.4. The van der Waals surface area contributed by atoms with Crippen LogP contribution in [0.15, 0.2) is 88.8 Å². The van der Waals surface area contributed by atoms with Gasteiger partial charge >= 0.3 is 0 Å². The summed E-state index contributed by atoms with van der Waals surface area (Å²) in [7, 11) is 0. The van der Waals surface area contributed by atoms with Crippen LogP contribution in [0.3, 0.4) is 0 Å². The maximum Gasteiger partial charge on any atom is 0.298 e. The minimum Gasteiger partial charge on any atom is -0.487 e. The number of allylic oxidation sites excluding steroid dienone is 1. The van der Waals surface area contributed by atoms with Crippen molar-refractivity contribution in [3.05, 3.63) is 111 Å². The molecule has 0 radical (unpaired) electrons. The Labute approximate surface area is 203 Å². The van der Waals surface area contributed by atoms with E-state index < -0.39 is 0 Å². The Hall–Kier alpha value is -3.16. The molecular formula is C26H19BrFNO3S. The molecule has 2 amide bonds. The second-order valence-corrected chi connectivity index (χ2v) is 9.10. The van der Waals surface area contributed by atoms with Crippen LogP contribution >= 0.6 is 27.7 Å². The summed E-state index contributed by atoms with van der Waals surface area (Å²) in [6.07, 6.45) is 3.98. The van der Waals surface area contributed by atoms with Gasteiger partial charge in [0.15, 0.2) is 0 Å². The summed E-state index contributed by atoms with van der Waals surface area (Å²) in [5.41, 5.74) is 2.85. The van der Waals surface area contributed by atoms with Gasteiger partial charge in [0.2, 0.25) is 0 Å². The van der Waals surface area contributed by atoms with Crippen LogP contribution in [0.2, 0.25) is 0 Å². The first-order valence-electron chi connectivity index (χ1n) is 10.1. The second kappa shape index (κ2) is 10.2. The molecular weight excluding hydrogens is 505 g/mol. The number of imide groups is 1. The van der Waals surface area contributed by atoms with E-state index in [1.54, 1.807) is 48.6 Å². The molecule has 4 rings (SSSR count). The van der Waals surface area contributed by atoms with Crippen LogP contribution in [0, 0.1) is 5.82 Å². The molecule has 1 saturated heterocycles. The highest BCUT2D eigenvalue weighted by molar-refractivity contribution is 9.10. The predicted molar refractivity (Wildman–Crippen MR) is 134 cm³/mol. The highest BCUT2D eigenvalue weighted by Gasteiger charge is 2.36. The van der Waals surface area contributed by atoms with Crippen molar-refractivity contribution in [2.75, 3.05) is 4.90 Å². The third-order valence-electron chi connectivity index (χ3n) is 4.89. The molecule has 0 aliphatic carbocycles. The smallest absolute Gasteiger partial charge is 0.298 e. The summed E-state index contributed by atoms with van der Waals surface area (Å²) < 4.78 is 20.1. The number of para-hydroxylation sites is 1. The molecule has 33 heavy (non-hydrogen) atoms. The number of amides is 2. The maximum atomic E-state index is 13.5. The number of hydrogen-bond acceptors (Lipinski definition) is 4. The van der Waals surface area contributed by atoms with E-state index in [9.17, 15) is 14.0 Å². The third kappa shape index (κ3) is 5.26. The molecule has 0 saturated carbocycles. The van der Waals surface area contributed by atoms with Gasteiger partial charge in [0.1, 0.15) is 18.2 Å². The second-order valence-electron chi connectivity index (χ2n) is 7.26. The monoisotopic (exact) mass is 523 g/mol. The molecule has 1 aliphatic rings. The predicted octanol–water partition coefficient (Wildman–Crippen LogP) is 7.14. The van der Waals surface area contributed by atoms with Crippen LogP contribution in [0.5, 0.6) is 5.75 Å². The molecule has 0 aromatic heterocycles. The lowest BCUT2D eigenvalue weighted by Crippen LogP contribution is -2.27. The van der Waals surface area contributed by atoms with Crippen molar-refractivity contribution in [1.29, 1.82) is 0 Å². The lowest BCUT2D eigenvalue weighted by atomic mass is 10.1. The Bertz CT molecular complexity index is 1260. The molecule has 1 fully saturated rings. The van der Waals surface area contributed by atoms with Crippen LogP contribution in [0.4, 0.5) is 14.9 Å². The fraction of sp³-hybridized carbons (Fsp3) is 0.0769. The van der Waals surface area contributed by atoms with Gasteiger partial charge in [0.25, 0.3) is 11.1 Å². The quantitative estimate of drug-likeness (QED) is 0.244. The van der Waals surface area contributed by atoms with Gasteiger partial charge in [-0.3, -0.25) is 9.59 Å². The molecule has 166 valence electrons. The number of benzene rings is 3. The van der Waals surface area contributed by atoms with E-state index in [-0.39, 0.29) is 23.6 Å². The van der Waals surface area contributed by atoms with Gasteiger partial charge in [0, 0.05) is 0 Å². The molecule has 0 spiro atoms. The van der Waals surface area contributed by atoms with E-state index >= 15 is 0 Å². The van der Waals surface area contributed by atoms with E-state index in [0.29, 0.717) is 32.8 Å². The van der Waals surface area contributed by atoms with Gasteiger partial charge < -0.3 is 4.74 Å². The number of hydrogen-bond donors (Lipinski definition) is 0. The van der Waals surface area contributed by atoms with Crippen LogP contribution in [-0.4, -0.2) is 11.1 Å². The molecule has 1 heterocycles. The molecule has 4 nitrogen and oxygen atoms in total. The molecule has 0 unspecified atom stereocenters. The first-order chi connectivity index (χ1) is 16.0. The molecule has 3 aromatic carbocycles. The summed E-state index contributed by atoms with van der Waals surface area (Å²) in [4.78, 5) is 26.9. The number of carbonyl (C=O) groups excluding carboxylic acids is 2. The lowest BCUT2D eigenvalue weighted by Gasteiger charge is -2.14. The van der Waals surface area contributed by atoms with Gasteiger partial charge in [-0.25, -0.2) is 9.29 Å². The number of thioether (sulfide) groups is 1. The number of halogens is 2. The third-order valence-corrected chi connectivity index (χ3v) is 6.34. The summed E-state index contributed by atoms with van der Waals surface area (Å²) >= 11 is 4.46. The van der Waals surface area contributed by atoms with E-state index in [1.165, 1.54) is 17.0 Å². The SMILES string of the molecule is C=CCc1cc(/C=C2\SC(=O)N(c3ccccc3)C2=O)cc(Br)c1OCc1cccc(F)c1. The van der Waals surface area contributed by atoms with E-state index in [0.717, 1.165) is 22.9 Å². The average Bonchev–Trinajstić information content (AvgIpc) is 3.06. The lowest BCUT2D eigenvalue weighted by molar-refractivity contribution is -0.113. The van der Waals surface area contributed by atoms with E-state index in [2.05, 4.69) is 22.5 Å². The minimum atomic E-state index is -0.357. The van der Waals surface area contributed by atoms with Gasteiger partial charge in [-0.05, 0) is 93.3 Å². The largest absolute Gasteiger partial charge is 0.487 e. The molecule has 0 atom stereocenters. The van der Waals surface area contributed by atoms with Crippen molar-refractivity contribution in [1.82, 2.24) is 0 Å². The summed E-state index contributed by atoms with van der Waals surface area (Å²) in [6.45, 7) is 4.01. The van der Waals surface area contributed by atoms with Crippen molar-refractivity contribution in [2.24, 2.45) is 0 Å². The first-order valence-corrected chi connectivity index (χ1v) is 11.7. The van der Waals surface area contributed by atoms with Crippen molar-refractivity contribution in [2.45, 2.75) is 13.0 Å². The van der Waals surface area contributed by atoms with Crippen molar-refractivity contribution < 1.29 is 18.7 Å². The Kier molecular flexibility index (Phi) is 7.11. The van der Waals surface area contributed by atoms with Gasteiger partial charge in [-0.2, -0.15) is 0 Å². The molecule has 0 bridgehead atoms. The fourth-order valence-corrected chi connectivity index (χ4v) is 4.90. The molecule has 7 heteroatoms. The van der Waals surface area contributed by atoms with Crippen LogP contribution in [-0.2, 0) is 17.8 Å². The number of ether oxygens (including phenoxy) is 1. The molecule has 1 aliphatic heterocycles. The summed E-state index contributed by atoms with van der Waals surface area (Å²) in [6, 6.07) is 18.8. The van der Waals surface area contributed by atoms with Crippen molar-refractivity contribution in [3.8, 4) is 5.75 Å². The van der Waals surface area contributed by atoms with Crippen LogP contribution in [0.1, 0.15) is 16.7 Å². The number of carbonyl (C=O) groups is 2. The topological polar surface area (TPSA) is 46.6 Å². The summed E-state index contributed by atoms with van der Waals surface area (Å²) in [5.74, 6) is -0.0565. The zero-order valence-electron chi connectivity index (χ0n) is 17.5. The van der Waals surface area contributed by atoms with Gasteiger partial charge in [0.05, 0.1) is 15.1 Å². The van der Waals surface area contributed by atoms with Crippen molar-refractivity contribution in [3.63, 3.8) is 0 Å². The highest BCUT2D eigenvalue weighted by atomic mass is 79.9. The Morgan fingerprint density at radius 1 is 1.06 bits per heavy atom. The summed E-state index contributed by atoms with van der Waals surface area (Å²) in [5, 5.41) is -0.335. The van der Waals surface area contributed by atoms with Crippen LogP contribution < -0.4 is 9.64 Å². The Morgan fingerprint density at radius 3 is 2.58 bits per heavy atom. The highest BCUT2D eigenvalue weighted by Crippen LogP contribution is 2.38. The van der Waals surface area contributed by atoms with E-state index in [1.807, 2.05) is 18.2 Å². The molecule has 3 aromatic rings. The molecule has 0 N–H and O–H groups in total. The number of anilines is 1. The maximum absolute atomic E-state index is 13.5. The Morgan fingerprint density at radius 2 is 1.85 bits per heavy atom. The Balaban J connectivity index is 1.61. The number of nitrogens with zero attached hydrogens (tertiary/aromatic N) is 1.